The van der Waals surface area contributed by atoms with Gasteiger partial charge in [0.15, 0.2) is 0 Å². The first-order valence-electron chi connectivity index (χ1n) is 3.06. The van der Waals surface area contributed by atoms with Crippen LogP contribution < -0.4 is 11.5 Å². The van der Waals surface area contributed by atoms with Gasteiger partial charge in [-0.2, -0.15) is 0 Å². The fourth-order valence-corrected chi connectivity index (χ4v) is 1.66. The summed E-state index contributed by atoms with van der Waals surface area (Å²) < 4.78 is 0.808. The van der Waals surface area contributed by atoms with Gasteiger partial charge < -0.3 is 11.5 Å². The predicted octanol–water partition coefficient (Wildman–Crippen LogP) is 1.63. The molecular weight excluding hydrogens is 290 g/mol. The number of anilines is 1. The highest BCUT2D eigenvalue weighted by molar-refractivity contribution is 14.1. The number of carbonyl (C=O) groups is 1. The molecule has 12 heavy (non-hydrogen) atoms. The number of benzene rings is 1. The van der Waals surface area contributed by atoms with Crippen molar-refractivity contribution in [1.29, 1.82) is 0 Å². The van der Waals surface area contributed by atoms with Gasteiger partial charge in [0.05, 0.1) is 10.6 Å². The average Bonchev–Trinajstić information content (AvgIpc) is 1.96. The van der Waals surface area contributed by atoms with Crippen LogP contribution >= 0.6 is 34.2 Å². The first-order valence-corrected chi connectivity index (χ1v) is 4.52. The van der Waals surface area contributed by atoms with Gasteiger partial charge in [0.2, 0.25) is 5.91 Å². The quantitative estimate of drug-likeness (QED) is 0.611. The lowest BCUT2D eigenvalue weighted by Crippen LogP contribution is -2.12. The van der Waals surface area contributed by atoms with Crippen molar-refractivity contribution in [3.8, 4) is 0 Å². The molecule has 0 bridgehead atoms. The number of hydrogen-bond acceptors (Lipinski definition) is 2. The van der Waals surface area contributed by atoms with E-state index in [1.807, 2.05) is 22.6 Å². The van der Waals surface area contributed by atoms with E-state index in [0.717, 1.165) is 3.57 Å². The Bertz CT molecular complexity index is 340. The molecule has 0 aliphatic rings. The zero-order chi connectivity index (χ0) is 9.30. The smallest absolute Gasteiger partial charge is 0.250 e. The molecule has 0 radical (unpaired) electrons. The molecule has 1 amide bonds. The van der Waals surface area contributed by atoms with E-state index in [9.17, 15) is 4.79 Å². The minimum atomic E-state index is -0.567. The molecular formula is C7H6ClIN2O. The van der Waals surface area contributed by atoms with Crippen LogP contribution in [0, 0.1) is 3.57 Å². The number of nitrogen functional groups attached to an aromatic ring is 1. The van der Waals surface area contributed by atoms with Gasteiger partial charge in [-0.1, -0.05) is 11.6 Å². The van der Waals surface area contributed by atoms with E-state index in [0.29, 0.717) is 10.7 Å². The van der Waals surface area contributed by atoms with Crippen molar-refractivity contribution in [3.05, 3.63) is 26.3 Å². The molecule has 0 spiro atoms. The fraction of sp³-hybridized carbons (Fsp3) is 0. The molecule has 0 fully saturated rings. The summed E-state index contributed by atoms with van der Waals surface area (Å²) in [6.07, 6.45) is 0. The maximum atomic E-state index is 10.8. The fourth-order valence-electron chi connectivity index (χ4n) is 0.755. The molecule has 3 nitrogen and oxygen atoms in total. The van der Waals surface area contributed by atoms with E-state index < -0.39 is 5.91 Å². The Balaban J connectivity index is 3.33. The third kappa shape index (κ3) is 1.81. The van der Waals surface area contributed by atoms with Gasteiger partial charge >= 0.3 is 0 Å². The van der Waals surface area contributed by atoms with E-state index in [-0.39, 0.29) is 5.56 Å². The first kappa shape index (κ1) is 9.60. The Morgan fingerprint density at radius 1 is 1.50 bits per heavy atom. The standard InChI is InChI=1S/C7H6ClIN2O/c8-4-2-5(9)6(10)1-3(4)7(11)12/h1-2H,10H2,(H2,11,12). The summed E-state index contributed by atoms with van der Waals surface area (Å²) in [5.41, 5.74) is 11.4. The zero-order valence-corrected chi connectivity index (χ0v) is 8.89. The van der Waals surface area contributed by atoms with Gasteiger partial charge in [0.25, 0.3) is 0 Å². The zero-order valence-electron chi connectivity index (χ0n) is 5.97. The van der Waals surface area contributed by atoms with Gasteiger partial charge in [-0.05, 0) is 34.7 Å². The molecule has 0 saturated heterocycles. The predicted molar refractivity (Wildman–Crippen MR) is 57.1 cm³/mol. The highest BCUT2D eigenvalue weighted by atomic mass is 127. The van der Waals surface area contributed by atoms with Crippen LogP contribution in [0.25, 0.3) is 0 Å². The molecule has 0 atom stereocenters. The SMILES string of the molecule is NC(=O)c1cc(N)c(I)cc1Cl. The summed E-state index contributed by atoms with van der Waals surface area (Å²) in [4.78, 5) is 10.8. The summed E-state index contributed by atoms with van der Waals surface area (Å²) in [7, 11) is 0. The van der Waals surface area contributed by atoms with Gasteiger partial charge in [-0.3, -0.25) is 4.79 Å². The Labute approximate surface area is 88.2 Å². The Morgan fingerprint density at radius 3 is 2.58 bits per heavy atom. The lowest BCUT2D eigenvalue weighted by molar-refractivity contribution is 0.100. The van der Waals surface area contributed by atoms with Crippen LogP contribution in [0.1, 0.15) is 10.4 Å². The van der Waals surface area contributed by atoms with Crippen LogP contribution in [0.3, 0.4) is 0 Å². The van der Waals surface area contributed by atoms with Gasteiger partial charge in [-0.25, -0.2) is 0 Å². The minimum Gasteiger partial charge on any atom is -0.398 e. The molecule has 0 aromatic heterocycles. The number of halogens is 2. The molecule has 0 heterocycles. The largest absolute Gasteiger partial charge is 0.398 e. The van der Waals surface area contributed by atoms with Crippen LogP contribution in [0.4, 0.5) is 5.69 Å². The molecule has 1 aromatic carbocycles. The molecule has 4 N–H and O–H groups in total. The molecule has 0 aliphatic heterocycles. The molecule has 0 unspecified atom stereocenters. The molecule has 64 valence electrons. The third-order valence-corrected chi connectivity index (χ3v) is 2.60. The maximum Gasteiger partial charge on any atom is 0.250 e. The van der Waals surface area contributed by atoms with E-state index in [1.165, 1.54) is 6.07 Å². The summed E-state index contributed by atoms with van der Waals surface area (Å²) in [6.45, 7) is 0. The second kappa shape index (κ2) is 3.49. The molecule has 5 heteroatoms. The molecule has 0 saturated carbocycles. The highest BCUT2D eigenvalue weighted by Gasteiger charge is 2.08. The Kier molecular flexibility index (Phi) is 2.79. The first-order chi connectivity index (χ1) is 5.52. The minimum absolute atomic E-state index is 0.259. The summed E-state index contributed by atoms with van der Waals surface area (Å²) in [5, 5.41) is 0.334. The van der Waals surface area contributed by atoms with Crippen molar-refractivity contribution in [2.75, 3.05) is 5.73 Å². The highest BCUT2D eigenvalue weighted by Crippen LogP contribution is 2.23. The number of carbonyl (C=O) groups excluding carboxylic acids is 1. The average molecular weight is 296 g/mol. The van der Waals surface area contributed by atoms with E-state index >= 15 is 0 Å². The Morgan fingerprint density at radius 2 is 2.08 bits per heavy atom. The van der Waals surface area contributed by atoms with Gasteiger partial charge in [0, 0.05) is 9.26 Å². The van der Waals surface area contributed by atoms with Gasteiger partial charge in [-0.15, -0.1) is 0 Å². The van der Waals surface area contributed by atoms with E-state index in [2.05, 4.69) is 0 Å². The van der Waals surface area contributed by atoms with E-state index in [1.54, 1.807) is 6.07 Å². The van der Waals surface area contributed by atoms with Gasteiger partial charge in [0.1, 0.15) is 0 Å². The van der Waals surface area contributed by atoms with Crippen molar-refractivity contribution in [3.63, 3.8) is 0 Å². The summed E-state index contributed by atoms with van der Waals surface area (Å²) >= 11 is 7.76. The van der Waals surface area contributed by atoms with Crippen molar-refractivity contribution in [2.45, 2.75) is 0 Å². The van der Waals surface area contributed by atoms with Crippen LogP contribution in [0.15, 0.2) is 12.1 Å². The second-order valence-electron chi connectivity index (χ2n) is 2.22. The molecule has 0 aliphatic carbocycles. The van der Waals surface area contributed by atoms with Crippen molar-refractivity contribution in [2.24, 2.45) is 5.73 Å². The lowest BCUT2D eigenvalue weighted by Gasteiger charge is -2.02. The monoisotopic (exact) mass is 296 g/mol. The van der Waals surface area contributed by atoms with Crippen LogP contribution in [0.2, 0.25) is 5.02 Å². The van der Waals surface area contributed by atoms with Crippen molar-refractivity contribution < 1.29 is 4.79 Å². The van der Waals surface area contributed by atoms with Crippen LogP contribution in [-0.4, -0.2) is 5.91 Å². The lowest BCUT2D eigenvalue weighted by atomic mass is 10.2. The normalized spacial score (nSPS) is 9.83. The number of rotatable bonds is 1. The third-order valence-electron chi connectivity index (χ3n) is 1.35. The molecule has 1 rings (SSSR count). The number of hydrogen-bond donors (Lipinski definition) is 2. The van der Waals surface area contributed by atoms with Crippen molar-refractivity contribution in [1.82, 2.24) is 0 Å². The van der Waals surface area contributed by atoms with Crippen LogP contribution in [0.5, 0.6) is 0 Å². The number of amides is 1. The topological polar surface area (TPSA) is 69.1 Å². The maximum absolute atomic E-state index is 10.8. The Hall–Kier alpha value is -0.490. The van der Waals surface area contributed by atoms with Crippen LogP contribution in [-0.2, 0) is 0 Å². The molecule has 1 aromatic rings. The van der Waals surface area contributed by atoms with E-state index in [4.69, 9.17) is 23.1 Å². The van der Waals surface area contributed by atoms with Crippen molar-refractivity contribution >= 4 is 45.8 Å². The summed E-state index contributed by atoms with van der Waals surface area (Å²) in [6, 6.07) is 3.09. The second-order valence-corrected chi connectivity index (χ2v) is 3.79. The number of nitrogens with two attached hydrogens (primary N) is 2. The summed E-state index contributed by atoms with van der Waals surface area (Å²) in [5.74, 6) is -0.567. The number of primary amides is 1.